The zero-order valence-corrected chi connectivity index (χ0v) is 11.2. The van der Waals surface area contributed by atoms with Crippen LogP contribution in [0.15, 0.2) is 0 Å². The van der Waals surface area contributed by atoms with E-state index in [2.05, 4.69) is 10.6 Å². The molecule has 0 aromatic heterocycles. The van der Waals surface area contributed by atoms with Gasteiger partial charge in [0.2, 0.25) is 5.91 Å². The van der Waals surface area contributed by atoms with Crippen LogP contribution in [0.5, 0.6) is 0 Å². The molecule has 0 aromatic carbocycles. The molecule has 104 valence electrons. The first-order chi connectivity index (χ1) is 8.38. The average molecular weight is 258 g/mol. The monoisotopic (exact) mass is 258 g/mol. The zero-order chi connectivity index (χ0) is 13.8. The molecule has 1 aliphatic heterocycles. The van der Waals surface area contributed by atoms with Gasteiger partial charge in [0.25, 0.3) is 0 Å². The molecule has 0 aromatic rings. The van der Waals surface area contributed by atoms with Gasteiger partial charge in [-0.1, -0.05) is 6.92 Å². The van der Waals surface area contributed by atoms with Gasteiger partial charge in [0.05, 0.1) is 24.5 Å². The van der Waals surface area contributed by atoms with Crippen LogP contribution in [0.4, 0.5) is 0 Å². The van der Waals surface area contributed by atoms with Gasteiger partial charge in [-0.05, 0) is 20.4 Å². The Morgan fingerprint density at radius 2 is 2.06 bits per heavy atom. The molecule has 1 fully saturated rings. The van der Waals surface area contributed by atoms with Crippen molar-refractivity contribution in [3.05, 3.63) is 0 Å². The van der Waals surface area contributed by atoms with Gasteiger partial charge in [0.1, 0.15) is 0 Å². The first-order valence-electron chi connectivity index (χ1n) is 6.20. The average Bonchev–Trinajstić information content (AvgIpc) is 2.74. The minimum atomic E-state index is -0.956. The summed E-state index contributed by atoms with van der Waals surface area (Å²) in [6.45, 7) is 6.95. The Hall–Kier alpha value is -1.14. The Balaban J connectivity index is 2.48. The minimum Gasteiger partial charge on any atom is -0.481 e. The number of rotatable bonds is 6. The first kappa shape index (κ1) is 14.9. The molecule has 2 atom stereocenters. The number of carboxylic acids is 1. The third kappa shape index (κ3) is 3.68. The number of hydrogen-bond donors (Lipinski definition) is 3. The highest BCUT2D eigenvalue weighted by molar-refractivity contribution is 5.81. The van der Waals surface area contributed by atoms with Gasteiger partial charge < -0.3 is 20.5 Å². The Kier molecular flexibility index (Phi) is 5.10. The van der Waals surface area contributed by atoms with E-state index >= 15 is 0 Å². The molecule has 6 nitrogen and oxygen atoms in total. The van der Waals surface area contributed by atoms with Crippen LogP contribution in [-0.2, 0) is 14.3 Å². The predicted octanol–water partition coefficient (Wildman–Crippen LogP) is -0.162. The molecular formula is C12H22N2O4. The summed E-state index contributed by atoms with van der Waals surface area (Å²) >= 11 is 0. The molecule has 18 heavy (non-hydrogen) atoms. The molecule has 0 radical (unpaired) electrons. The maximum Gasteiger partial charge on any atom is 0.310 e. The van der Waals surface area contributed by atoms with Crippen molar-refractivity contribution in [3.63, 3.8) is 0 Å². The van der Waals surface area contributed by atoms with Crippen molar-refractivity contribution in [3.8, 4) is 0 Å². The summed E-state index contributed by atoms with van der Waals surface area (Å²) in [5.74, 6) is -1.31. The molecule has 0 saturated carbocycles. The summed E-state index contributed by atoms with van der Waals surface area (Å²) in [4.78, 5) is 22.9. The van der Waals surface area contributed by atoms with E-state index in [0.717, 1.165) is 6.54 Å². The highest BCUT2D eigenvalue weighted by Gasteiger charge is 2.35. The second kappa shape index (κ2) is 6.15. The highest BCUT2D eigenvalue weighted by atomic mass is 16.5. The van der Waals surface area contributed by atoms with Crippen molar-refractivity contribution >= 4 is 11.9 Å². The van der Waals surface area contributed by atoms with Gasteiger partial charge in [-0.3, -0.25) is 9.59 Å². The number of nitrogens with one attached hydrogen (secondary N) is 2. The van der Waals surface area contributed by atoms with E-state index in [-0.39, 0.29) is 24.4 Å². The van der Waals surface area contributed by atoms with Gasteiger partial charge in [-0.15, -0.1) is 0 Å². The van der Waals surface area contributed by atoms with Crippen LogP contribution in [0.3, 0.4) is 0 Å². The van der Waals surface area contributed by atoms with Crippen molar-refractivity contribution in [1.82, 2.24) is 10.6 Å². The van der Waals surface area contributed by atoms with Crippen molar-refractivity contribution < 1.29 is 19.4 Å². The quantitative estimate of drug-likeness (QED) is 0.616. The summed E-state index contributed by atoms with van der Waals surface area (Å²) < 4.78 is 5.28. The molecule has 0 spiro atoms. The van der Waals surface area contributed by atoms with E-state index < -0.39 is 11.4 Å². The standard InChI is InChI=1S/C12H22N2O4/c1-4-13-9-6-18-5-8(9)10(15)14-7-12(2,3)11(16)17/h8-9,13H,4-7H2,1-3H3,(H,14,15)(H,16,17). The van der Waals surface area contributed by atoms with Crippen molar-refractivity contribution in [2.24, 2.45) is 11.3 Å². The van der Waals surface area contributed by atoms with E-state index in [0.29, 0.717) is 13.2 Å². The molecule has 3 N–H and O–H groups in total. The molecule has 6 heteroatoms. The fourth-order valence-corrected chi connectivity index (χ4v) is 1.79. The lowest BCUT2D eigenvalue weighted by molar-refractivity contribution is -0.146. The van der Waals surface area contributed by atoms with E-state index in [1.165, 1.54) is 0 Å². The van der Waals surface area contributed by atoms with E-state index in [1.54, 1.807) is 13.8 Å². The van der Waals surface area contributed by atoms with Gasteiger partial charge in [-0.2, -0.15) is 0 Å². The van der Waals surface area contributed by atoms with Crippen LogP contribution in [0.25, 0.3) is 0 Å². The van der Waals surface area contributed by atoms with E-state index in [1.807, 2.05) is 6.92 Å². The van der Waals surface area contributed by atoms with Crippen LogP contribution < -0.4 is 10.6 Å². The molecule has 1 saturated heterocycles. The van der Waals surface area contributed by atoms with Gasteiger partial charge in [-0.25, -0.2) is 0 Å². The highest BCUT2D eigenvalue weighted by Crippen LogP contribution is 2.16. The minimum absolute atomic E-state index is 0.0166. The number of ether oxygens (including phenoxy) is 1. The second-order valence-corrected chi connectivity index (χ2v) is 5.21. The SMILES string of the molecule is CCNC1COCC1C(=O)NCC(C)(C)C(=O)O. The number of amides is 1. The zero-order valence-electron chi connectivity index (χ0n) is 11.2. The van der Waals surface area contributed by atoms with Crippen LogP contribution in [0, 0.1) is 11.3 Å². The number of aliphatic carboxylic acids is 1. The molecule has 0 aliphatic carbocycles. The summed E-state index contributed by atoms with van der Waals surface area (Å²) in [5, 5.41) is 14.9. The maximum atomic E-state index is 12.0. The Labute approximate surface area is 107 Å². The van der Waals surface area contributed by atoms with E-state index in [4.69, 9.17) is 9.84 Å². The van der Waals surface area contributed by atoms with Crippen molar-refractivity contribution in [2.75, 3.05) is 26.3 Å². The second-order valence-electron chi connectivity index (χ2n) is 5.21. The molecule has 1 heterocycles. The number of likely N-dealkylation sites (N-methyl/N-ethyl adjacent to an activating group) is 1. The van der Waals surface area contributed by atoms with Gasteiger partial charge >= 0.3 is 5.97 Å². The molecular weight excluding hydrogens is 236 g/mol. The van der Waals surface area contributed by atoms with Crippen LogP contribution in [0.1, 0.15) is 20.8 Å². The number of carbonyl (C=O) groups is 2. The topological polar surface area (TPSA) is 87.7 Å². The summed E-state index contributed by atoms with van der Waals surface area (Å²) in [6, 6.07) is 0.0166. The molecule has 1 amide bonds. The van der Waals surface area contributed by atoms with Crippen LogP contribution in [0.2, 0.25) is 0 Å². The maximum absolute atomic E-state index is 12.0. The summed E-state index contributed by atoms with van der Waals surface area (Å²) in [5.41, 5.74) is -0.956. The fraction of sp³-hybridized carbons (Fsp3) is 0.833. The van der Waals surface area contributed by atoms with Gasteiger partial charge in [0.15, 0.2) is 0 Å². The van der Waals surface area contributed by atoms with E-state index in [9.17, 15) is 9.59 Å². The molecule has 1 rings (SSSR count). The summed E-state index contributed by atoms with van der Waals surface area (Å²) in [6.07, 6.45) is 0. The smallest absolute Gasteiger partial charge is 0.310 e. The normalized spacial score (nSPS) is 23.9. The number of carboxylic acid groups (broad SMARTS) is 1. The fourth-order valence-electron chi connectivity index (χ4n) is 1.79. The first-order valence-corrected chi connectivity index (χ1v) is 6.20. The van der Waals surface area contributed by atoms with Crippen molar-refractivity contribution in [1.29, 1.82) is 0 Å². The summed E-state index contributed by atoms with van der Waals surface area (Å²) in [7, 11) is 0. The van der Waals surface area contributed by atoms with Crippen LogP contribution in [-0.4, -0.2) is 49.3 Å². The lowest BCUT2D eigenvalue weighted by Crippen LogP contribution is -2.47. The number of hydrogen-bond acceptors (Lipinski definition) is 4. The van der Waals surface area contributed by atoms with Crippen LogP contribution >= 0.6 is 0 Å². The lowest BCUT2D eigenvalue weighted by atomic mass is 9.93. The van der Waals surface area contributed by atoms with Crippen molar-refractivity contribution in [2.45, 2.75) is 26.8 Å². The largest absolute Gasteiger partial charge is 0.481 e. The van der Waals surface area contributed by atoms with Gasteiger partial charge in [0, 0.05) is 12.6 Å². The Morgan fingerprint density at radius 3 is 2.61 bits per heavy atom. The third-order valence-corrected chi connectivity index (χ3v) is 3.17. The molecule has 0 bridgehead atoms. The third-order valence-electron chi connectivity index (χ3n) is 3.17. The molecule has 2 unspecified atom stereocenters. The molecule has 1 aliphatic rings. The Morgan fingerprint density at radius 1 is 1.39 bits per heavy atom. The lowest BCUT2D eigenvalue weighted by Gasteiger charge is -2.22. The number of carbonyl (C=O) groups excluding carboxylic acids is 1. The Bertz CT molecular complexity index is 317. The predicted molar refractivity (Wildman–Crippen MR) is 66.2 cm³/mol.